The zero-order valence-electron chi connectivity index (χ0n) is 12.6. The second kappa shape index (κ2) is 7.75. The fourth-order valence-electron chi connectivity index (χ4n) is 2.60. The molecule has 0 bridgehead atoms. The molecule has 0 atom stereocenters. The van der Waals surface area contributed by atoms with E-state index in [0.717, 1.165) is 5.00 Å². The first-order valence-electron chi connectivity index (χ1n) is 7.42. The van der Waals surface area contributed by atoms with Crippen LogP contribution in [0.15, 0.2) is 11.4 Å². The van der Waals surface area contributed by atoms with Gasteiger partial charge in [-0.05, 0) is 43.4 Å². The van der Waals surface area contributed by atoms with E-state index in [-0.39, 0.29) is 5.97 Å². The summed E-state index contributed by atoms with van der Waals surface area (Å²) in [5.74, 6) is -0.302. The maximum Gasteiger partial charge on any atom is 0.341 e. The van der Waals surface area contributed by atoms with Crippen molar-refractivity contribution in [2.75, 3.05) is 19.0 Å². The summed E-state index contributed by atoms with van der Waals surface area (Å²) in [7, 11) is 2.03. The van der Waals surface area contributed by atoms with E-state index in [9.17, 15) is 4.79 Å². The van der Waals surface area contributed by atoms with Crippen LogP contribution in [0, 0.1) is 0 Å². The number of rotatable bonds is 4. The number of hydrogen-bond donors (Lipinski definition) is 1. The molecular weight excluding hydrogens is 304 g/mol. The zero-order chi connectivity index (χ0) is 15.2. The molecule has 1 N–H and O–H groups in total. The number of anilines is 1. The van der Waals surface area contributed by atoms with E-state index in [1.165, 1.54) is 43.4 Å². The summed E-state index contributed by atoms with van der Waals surface area (Å²) >= 11 is 6.96. The quantitative estimate of drug-likeness (QED) is 0.671. The monoisotopic (exact) mass is 326 g/mol. The molecular formula is C15H22N2O2S2. The highest BCUT2D eigenvalue weighted by Crippen LogP contribution is 2.26. The summed E-state index contributed by atoms with van der Waals surface area (Å²) in [4.78, 5) is 14.0. The van der Waals surface area contributed by atoms with Crippen LogP contribution in [-0.4, -0.2) is 35.7 Å². The second-order valence-corrected chi connectivity index (χ2v) is 6.52. The lowest BCUT2D eigenvalue weighted by Crippen LogP contribution is -2.40. The van der Waals surface area contributed by atoms with Gasteiger partial charge in [-0.15, -0.1) is 11.3 Å². The molecule has 1 saturated carbocycles. The molecule has 0 aromatic carbocycles. The molecule has 1 aliphatic carbocycles. The summed E-state index contributed by atoms with van der Waals surface area (Å²) in [5, 5.41) is 6.52. The summed E-state index contributed by atoms with van der Waals surface area (Å²) in [6.45, 7) is 2.18. The fraction of sp³-hybridized carbons (Fsp3) is 0.600. The molecule has 0 radical (unpaired) electrons. The molecule has 1 aromatic rings. The highest BCUT2D eigenvalue weighted by molar-refractivity contribution is 7.80. The van der Waals surface area contributed by atoms with Crippen LogP contribution >= 0.6 is 23.6 Å². The largest absolute Gasteiger partial charge is 0.462 e. The van der Waals surface area contributed by atoms with Gasteiger partial charge >= 0.3 is 5.97 Å². The molecule has 0 spiro atoms. The number of hydrogen-bond acceptors (Lipinski definition) is 4. The van der Waals surface area contributed by atoms with Crippen LogP contribution in [-0.2, 0) is 4.74 Å². The first-order valence-corrected chi connectivity index (χ1v) is 8.70. The van der Waals surface area contributed by atoms with Gasteiger partial charge in [0.25, 0.3) is 0 Å². The molecule has 1 aliphatic rings. The van der Waals surface area contributed by atoms with Crippen molar-refractivity contribution in [1.29, 1.82) is 0 Å². The molecule has 6 heteroatoms. The first kappa shape index (κ1) is 16.2. The molecule has 21 heavy (non-hydrogen) atoms. The minimum atomic E-state index is -0.302. The van der Waals surface area contributed by atoms with Gasteiger partial charge in [-0.25, -0.2) is 4.79 Å². The lowest BCUT2D eigenvalue weighted by molar-refractivity contribution is 0.0528. The van der Waals surface area contributed by atoms with Crippen LogP contribution in [0.1, 0.15) is 49.4 Å². The Labute approximate surface area is 135 Å². The third-order valence-corrected chi connectivity index (χ3v) is 5.04. The third kappa shape index (κ3) is 4.17. The molecule has 0 unspecified atom stereocenters. The molecule has 2 rings (SSSR count). The van der Waals surface area contributed by atoms with Crippen molar-refractivity contribution in [3.8, 4) is 0 Å². The van der Waals surface area contributed by atoms with Crippen molar-refractivity contribution in [3.63, 3.8) is 0 Å². The van der Waals surface area contributed by atoms with Gasteiger partial charge in [-0.3, -0.25) is 0 Å². The maximum absolute atomic E-state index is 11.9. The molecule has 4 nitrogen and oxygen atoms in total. The number of thiocarbonyl (C=S) groups is 1. The number of esters is 1. The van der Waals surface area contributed by atoms with Gasteiger partial charge in [-0.2, -0.15) is 0 Å². The smallest absolute Gasteiger partial charge is 0.341 e. The normalized spacial score (nSPS) is 15.5. The van der Waals surface area contributed by atoms with Gasteiger partial charge in [0.05, 0.1) is 12.2 Å². The predicted molar refractivity (Wildman–Crippen MR) is 91.1 cm³/mol. The van der Waals surface area contributed by atoms with E-state index in [4.69, 9.17) is 17.0 Å². The van der Waals surface area contributed by atoms with Gasteiger partial charge in [0.1, 0.15) is 5.00 Å². The van der Waals surface area contributed by atoms with Crippen molar-refractivity contribution >= 4 is 39.6 Å². The van der Waals surface area contributed by atoms with Crippen molar-refractivity contribution in [1.82, 2.24) is 4.90 Å². The minimum Gasteiger partial charge on any atom is -0.462 e. The fourth-order valence-corrected chi connectivity index (χ4v) is 3.69. The molecule has 1 heterocycles. The Balaban J connectivity index is 1.99. The van der Waals surface area contributed by atoms with Gasteiger partial charge < -0.3 is 15.0 Å². The van der Waals surface area contributed by atoms with Crippen molar-refractivity contribution < 1.29 is 9.53 Å². The van der Waals surface area contributed by atoms with Gasteiger partial charge in [0, 0.05) is 13.1 Å². The maximum atomic E-state index is 11.9. The van der Waals surface area contributed by atoms with E-state index in [1.54, 1.807) is 13.0 Å². The van der Waals surface area contributed by atoms with E-state index in [2.05, 4.69) is 10.2 Å². The number of thiophene rings is 1. The Morgan fingerprint density at radius 2 is 2.19 bits per heavy atom. The number of carbonyl (C=O) groups is 1. The average molecular weight is 326 g/mol. The minimum absolute atomic E-state index is 0.302. The van der Waals surface area contributed by atoms with E-state index in [1.807, 2.05) is 12.4 Å². The molecule has 116 valence electrons. The highest BCUT2D eigenvalue weighted by Gasteiger charge is 2.21. The topological polar surface area (TPSA) is 41.6 Å². The zero-order valence-corrected chi connectivity index (χ0v) is 14.2. The lowest BCUT2D eigenvalue weighted by atomic mass is 9.95. The Morgan fingerprint density at radius 1 is 1.48 bits per heavy atom. The van der Waals surface area contributed by atoms with E-state index in [0.29, 0.717) is 23.3 Å². The molecule has 1 aromatic heterocycles. The number of carbonyl (C=O) groups excluding carboxylic acids is 1. The van der Waals surface area contributed by atoms with Crippen LogP contribution < -0.4 is 5.32 Å². The van der Waals surface area contributed by atoms with Gasteiger partial charge in [0.15, 0.2) is 5.11 Å². The van der Waals surface area contributed by atoms with E-state index < -0.39 is 0 Å². The molecule has 0 saturated heterocycles. The van der Waals surface area contributed by atoms with Crippen LogP contribution in [0.2, 0.25) is 0 Å². The predicted octanol–water partition coefficient (Wildman–Crippen LogP) is 3.89. The first-order chi connectivity index (χ1) is 10.1. The van der Waals surface area contributed by atoms with Crippen LogP contribution in [0.25, 0.3) is 0 Å². The van der Waals surface area contributed by atoms with Gasteiger partial charge in [-0.1, -0.05) is 19.3 Å². The van der Waals surface area contributed by atoms with Crippen LogP contribution in [0.3, 0.4) is 0 Å². The Morgan fingerprint density at radius 3 is 2.86 bits per heavy atom. The summed E-state index contributed by atoms with van der Waals surface area (Å²) < 4.78 is 5.06. The standard InChI is InChI=1S/C15H22N2O2S2/c1-3-19-14(18)12-9-10-21-13(12)16-15(20)17(2)11-7-5-4-6-8-11/h9-11H,3-8H2,1-2H3,(H,16,20). The SMILES string of the molecule is CCOC(=O)c1ccsc1NC(=S)N(C)C1CCCCC1. The van der Waals surface area contributed by atoms with Crippen LogP contribution in [0.4, 0.5) is 5.00 Å². The summed E-state index contributed by atoms with van der Waals surface area (Å²) in [5.41, 5.74) is 0.557. The molecule has 0 aliphatic heterocycles. The van der Waals surface area contributed by atoms with Crippen molar-refractivity contribution in [2.45, 2.75) is 45.1 Å². The van der Waals surface area contributed by atoms with Crippen molar-refractivity contribution in [3.05, 3.63) is 17.0 Å². The van der Waals surface area contributed by atoms with Gasteiger partial charge in [0.2, 0.25) is 0 Å². The number of ether oxygens (including phenoxy) is 1. The lowest BCUT2D eigenvalue weighted by Gasteiger charge is -2.33. The number of nitrogens with zero attached hydrogens (tertiary/aromatic N) is 1. The van der Waals surface area contributed by atoms with Crippen LogP contribution in [0.5, 0.6) is 0 Å². The van der Waals surface area contributed by atoms with Crippen molar-refractivity contribution in [2.24, 2.45) is 0 Å². The second-order valence-electron chi connectivity index (χ2n) is 5.22. The Hall–Kier alpha value is -1.14. The Kier molecular flexibility index (Phi) is 5.99. The molecule has 1 fully saturated rings. The molecule has 0 amide bonds. The average Bonchev–Trinajstić information content (AvgIpc) is 2.95. The number of nitrogens with one attached hydrogen (secondary N) is 1. The third-order valence-electron chi connectivity index (χ3n) is 3.82. The summed E-state index contributed by atoms with van der Waals surface area (Å²) in [6, 6.07) is 2.28. The summed E-state index contributed by atoms with van der Waals surface area (Å²) in [6.07, 6.45) is 6.23. The van der Waals surface area contributed by atoms with E-state index >= 15 is 0 Å². The highest BCUT2D eigenvalue weighted by atomic mass is 32.1. The Bertz CT molecular complexity index is 496.